The molecule has 2 aromatic heterocycles. The van der Waals surface area contributed by atoms with Gasteiger partial charge in [-0.25, -0.2) is 19.6 Å². The summed E-state index contributed by atoms with van der Waals surface area (Å²) in [6.45, 7) is 11.3. The number of methoxy groups -OCH3 is 1. The fourth-order valence-electron chi connectivity index (χ4n) is 7.30. The molecule has 6 N–H and O–H groups in total. The standard InChI is InChI=1S/C22H28Cl2N4O3S.C21H26Cl2N4O3S.Li.H2O/c1-13(2)10-18-20(14-4-5-15(23)16(24)11-14)26-22(32-18)27-8-9-28(19(29)6-7-25)17(12-27)21(30)31-3;1-12(2)9-17-19(13-3-4-14(22)15(23)10-13)25-21(31-17)26-7-8-27(18(28)5-6-24)16(11-26)20(29)30;;/h4-5,11,13,17H,6-10,12,25H2,1-3H3;3-4,10,12,16H,5-9,11,24H2,1-2H3,(H,29,30);;1H2/q;;+1;/p-1. The van der Waals surface area contributed by atoms with Crippen LogP contribution in [-0.4, -0.2) is 126 Å². The fraction of sp³-hybridized carbons (Fsp3) is 0.488. The Hall–Kier alpha value is -3.18. The Morgan fingerprint density at radius 2 is 1.11 bits per heavy atom. The average molecular weight is 1010 g/mol. The van der Waals surface area contributed by atoms with Crippen molar-refractivity contribution >= 4 is 103 Å². The number of nitrogens with zero attached hydrogens (tertiary/aromatic N) is 6. The molecule has 2 unspecified atom stereocenters. The van der Waals surface area contributed by atoms with Crippen LogP contribution in [0.4, 0.5) is 10.3 Å². The van der Waals surface area contributed by atoms with E-state index in [4.69, 9.17) is 72.6 Å². The topological polar surface area (TPSA) is 219 Å². The van der Waals surface area contributed by atoms with Gasteiger partial charge in [-0.2, -0.15) is 0 Å². The predicted octanol–water partition coefficient (Wildman–Crippen LogP) is 4.45. The number of carbonyl (C=O) groups excluding carboxylic acids is 3. The molecule has 65 heavy (non-hydrogen) atoms. The number of carboxylic acids is 1. The van der Waals surface area contributed by atoms with Crippen LogP contribution in [-0.2, 0) is 36.8 Å². The van der Waals surface area contributed by atoms with Gasteiger partial charge in [0.15, 0.2) is 10.3 Å². The summed E-state index contributed by atoms with van der Waals surface area (Å²) in [6, 6.07) is 9.32. The second-order valence-electron chi connectivity index (χ2n) is 16.0. The molecule has 2 amide bonds. The first-order valence-electron chi connectivity index (χ1n) is 20.7. The van der Waals surface area contributed by atoms with Crippen LogP contribution in [0, 0.1) is 11.8 Å². The second kappa shape index (κ2) is 25.8. The molecule has 2 aliphatic heterocycles. The Morgan fingerprint density at radius 3 is 1.46 bits per heavy atom. The molecule has 0 radical (unpaired) electrons. The number of hydrogen-bond acceptors (Lipinski definition) is 14. The zero-order valence-corrected chi connectivity index (χ0v) is 42.0. The summed E-state index contributed by atoms with van der Waals surface area (Å²) in [5, 5.41) is 13.2. The van der Waals surface area contributed by atoms with Crippen LogP contribution in [0.3, 0.4) is 0 Å². The van der Waals surface area contributed by atoms with Crippen molar-refractivity contribution < 1.29 is 53.4 Å². The third-order valence-corrected chi connectivity index (χ3v) is 14.1. The summed E-state index contributed by atoms with van der Waals surface area (Å²) < 4.78 is 4.97. The van der Waals surface area contributed by atoms with Gasteiger partial charge < -0.3 is 46.4 Å². The third kappa shape index (κ3) is 14.4. The SMILES string of the molecule is CC(C)Cc1sc(N2CCN(C(=O)CCN)C(C(=O)O)C2)nc1-c1ccc(Cl)c(Cl)c1.COC(=O)C1CN(c2nc(-c3ccc(Cl)c(Cl)c3)c(CC(C)C)s2)CCN1C(=O)CCN.[Li+].[OH-]. The van der Waals surface area contributed by atoms with Crippen molar-refractivity contribution in [3.8, 4) is 22.5 Å². The Labute approximate surface area is 420 Å². The number of hydrogen-bond donors (Lipinski definition) is 3. The maximum absolute atomic E-state index is 12.5. The number of benzene rings is 2. The van der Waals surface area contributed by atoms with E-state index < -0.39 is 24.0 Å². The Kier molecular flexibility index (Phi) is 22.3. The number of carboxylic acid groups (broad SMARTS) is 1. The number of thiazole rings is 2. The molecule has 0 bridgehead atoms. The Balaban J connectivity index is 0.000000335. The third-order valence-electron chi connectivity index (χ3n) is 10.4. The van der Waals surface area contributed by atoms with Gasteiger partial charge in [0, 0.05) is 73.0 Å². The molecule has 0 saturated carbocycles. The van der Waals surface area contributed by atoms with E-state index in [0.29, 0.717) is 64.7 Å². The number of anilines is 2. The molecular formula is C43H55Cl4LiN8O7S2. The molecule has 350 valence electrons. The van der Waals surface area contributed by atoms with Crippen LogP contribution < -0.4 is 40.1 Å². The number of rotatable bonds is 14. The summed E-state index contributed by atoms with van der Waals surface area (Å²) in [4.78, 5) is 68.1. The van der Waals surface area contributed by atoms with Gasteiger partial charge in [0.2, 0.25) is 11.8 Å². The maximum atomic E-state index is 12.5. The van der Waals surface area contributed by atoms with E-state index in [9.17, 15) is 24.3 Å². The van der Waals surface area contributed by atoms with Crippen molar-refractivity contribution in [2.75, 3.05) is 69.3 Å². The van der Waals surface area contributed by atoms with Gasteiger partial charge in [-0.05, 0) is 48.9 Å². The molecule has 22 heteroatoms. The molecule has 0 aliphatic carbocycles. The Morgan fingerprint density at radius 1 is 0.708 bits per heavy atom. The summed E-state index contributed by atoms with van der Waals surface area (Å²) in [7, 11) is 1.33. The number of ether oxygens (including phenoxy) is 1. The minimum Gasteiger partial charge on any atom is -0.870 e. The number of aliphatic carboxylic acids is 1. The zero-order valence-electron chi connectivity index (χ0n) is 37.4. The van der Waals surface area contributed by atoms with E-state index in [1.807, 2.05) is 28.0 Å². The molecule has 4 aromatic rings. The smallest absolute Gasteiger partial charge is 0.870 e. The van der Waals surface area contributed by atoms with Crippen molar-refractivity contribution in [1.82, 2.24) is 19.8 Å². The number of nitrogens with two attached hydrogens (primary N) is 2. The normalized spacial score (nSPS) is 16.1. The maximum Gasteiger partial charge on any atom is 1.00 e. The molecule has 0 spiro atoms. The minimum absolute atomic E-state index is 0. The quantitative estimate of drug-likeness (QED) is 0.118. The number of amides is 2. The van der Waals surface area contributed by atoms with E-state index in [1.165, 1.54) is 12.0 Å². The van der Waals surface area contributed by atoms with Gasteiger partial charge in [0.05, 0.1) is 51.7 Å². The van der Waals surface area contributed by atoms with Gasteiger partial charge in [0.25, 0.3) is 0 Å². The van der Waals surface area contributed by atoms with Crippen LogP contribution in [0.15, 0.2) is 36.4 Å². The number of esters is 1. The van der Waals surface area contributed by atoms with E-state index >= 15 is 0 Å². The van der Waals surface area contributed by atoms with Crippen LogP contribution >= 0.6 is 69.1 Å². The number of piperazine rings is 2. The van der Waals surface area contributed by atoms with E-state index in [0.717, 1.165) is 55.4 Å². The van der Waals surface area contributed by atoms with Gasteiger partial charge in [0.1, 0.15) is 12.1 Å². The fourth-order valence-corrected chi connectivity index (χ4v) is 10.6. The number of carbonyl (C=O) groups is 4. The molecule has 15 nitrogen and oxygen atoms in total. The first kappa shape index (κ1) is 56.1. The largest absolute Gasteiger partial charge is 1.00 e. The first-order chi connectivity index (χ1) is 29.9. The molecule has 2 aromatic carbocycles. The molecule has 2 saturated heterocycles. The van der Waals surface area contributed by atoms with Crippen LogP contribution in [0.25, 0.3) is 22.5 Å². The van der Waals surface area contributed by atoms with Gasteiger partial charge >= 0.3 is 30.8 Å². The number of halogens is 4. The van der Waals surface area contributed by atoms with Crippen molar-refractivity contribution in [2.24, 2.45) is 23.3 Å². The van der Waals surface area contributed by atoms with Crippen molar-refractivity contribution in [2.45, 2.75) is 65.5 Å². The first-order valence-corrected chi connectivity index (χ1v) is 23.8. The van der Waals surface area contributed by atoms with Crippen molar-refractivity contribution in [3.63, 3.8) is 0 Å². The molecule has 2 aliphatic rings. The van der Waals surface area contributed by atoms with Crippen LogP contribution in [0.2, 0.25) is 20.1 Å². The van der Waals surface area contributed by atoms with Crippen LogP contribution in [0.5, 0.6) is 0 Å². The van der Waals surface area contributed by atoms with E-state index in [2.05, 4.69) is 27.7 Å². The average Bonchev–Trinajstić information content (AvgIpc) is 3.86. The minimum atomic E-state index is -1.03. The van der Waals surface area contributed by atoms with E-state index in [1.54, 1.807) is 45.8 Å². The van der Waals surface area contributed by atoms with Gasteiger partial charge in [-0.15, -0.1) is 22.7 Å². The monoisotopic (exact) mass is 1010 g/mol. The zero-order chi connectivity index (χ0) is 46.1. The molecular weight excluding hydrogens is 953 g/mol. The van der Waals surface area contributed by atoms with Crippen molar-refractivity contribution in [3.05, 3.63) is 66.2 Å². The number of aromatic nitrogens is 2. The summed E-state index contributed by atoms with van der Waals surface area (Å²) in [6.07, 6.45) is 2.04. The summed E-state index contributed by atoms with van der Waals surface area (Å²) in [5.41, 5.74) is 14.5. The van der Waals surface area contributed by atoms with E-state index in [-0.39, 0.29) is 68.6 Å². The van der Waals surface area contributed by atoms with Gasteiger partial charge in [-0.3, -0.25) is 9.59 Å². The summed E-state index contributed by atoms with van der Waals surface area (Å²) in [5.74, 6) is -0.975. The van der Waals surface area contributed by atoms with Crippen molar-refractivity contribution in [1.29, 1.82) is 0 Å². The predicted molar refractivity (Wildman–Crippen MR) is 257 cm³/mol. The second-order valence-corrected chi connectivity index (χ2v) is 19.8. The van der Waals surface area contributed by atoms with Crippen LogP contribution in [0.1, 0.15) is 50.3 Å². The summed E-state index contributed by atoms with van der Waals surface area (Å²) >= 11 is 27.8. The van der Waals surface area contributed by atoms with Gasteiger partial charge in [-0.1, -0.05) is 86.2 Å². The Bertz CT molecular complexity index is 2270. The molecule has 2 atom stereocenters. The molecule has 2 fully saturated rings. The molecule has 6 rings (SSSR count). The molecule has 4 heterocycles.